The van der Waals surface area contributed by atoms with Gasteiger partial charge in [-0.05, 0) is 30.3 Å². The Balaban J connectivity index is 1.61. The van der Waals surface area contributed by atoms with Gasteiger partial charge in [-0.25, -0.2) is 9.37 Å². The Bertz CT molecular complexity index is 912. The summed E-state index contributed by atoms with van der Waals surface area (Å²) in [6.45, 7) is 0. The van der Waals surface area contributed by atoms with Gasteiger partial charge in [0.05, 0.1) is 22.5 Å². The van der Waals surface area contributed by atoms with Gasteiger partial charge >= 0.3 is 0 Å². The van der Waals surface area contributed by atoms with Crippen molar-refractivity contribution in [2.24, 2.45) is 0 Å². The van der Waals surface area contributed by atoms with E-state index in [2.05, 4.69) is 10.3 Å². The second-order valence-electron chi connectivity index (χ2n) is 5.27. The van der Waals surface area contributed by atoms with Crippen molar-refractivity contribution in [2.75, 3.05) is 5.32 Å². The van der Waals surface area contributed by atoms with Crippen LogP contribution >= 0.6 is 23.2 Å². The fourth-order valence-electron chi connectivity index (χ4n) is 2.24. The zero-order valence-electron chi connectivity index (χ0n) is 12.9. The van der Waals surface area contributed by atoms with E-state index in [-0.39, 0.29) is 18.7 Å². The molecule has 0 atom stereocenters. The summed E-state index contributed by atoms with van der Waals surface area (Å²) in [6.07, 6.45) is 1.86. The molecule has 3 rings (SSSR count). The van der Waals surface area contributed by atoms with Crippen molar-refractivity contribution in [3.63, 3.8) is 0 Å². The molecule has 0 aliphatic heterocycles. The minimum absolute atomic E-state index is 0.139. The lowest BCUT2D eigenvalue weighted by atomic mass is 10.2. The van der Waals surface area contributed by atoms with E-state index in [9.17, 15) is 9.18 Å². The highest BCUT2D eigenvalue weighted by Crippen LogP contribution is 2.26. The molecule has 3 aromatic rings. The standard InChI is InChI=1S/C18H13Cl2FN2O2/c19-11-5-6-13(20)15(9-11)23-17(24)7-8-18-22-10-16(25-18)12-3-1-2-4-14(12)21/h1-6,9-10H,7-8H2,(H,23,24). The number of aromatic nitrogens is 1. The van der Waals surface area contributed by atoms with Crippen molar-refractivity contribution in [1.29, 1.82) is 0 Å². The number of halogens is 3. The van der Waals surface area contributed by atoms with Gasteiger partial charge in [-0.2, -0.15) is 0 Å². The van der Waals surface area contributed by atoms with E-state index >= 15 is 0 Å². The predicted octanol–water partition coefficient (Wildman–Crippen LogP) is 5.36. The zero-order valence-corrected chi connectivity index (χ0v) is 14.4. The summed E-state index contributed by atoms with van der Waals surface area (Å²) >= 11 is 11.9. The summed E-state index contributed by atoms with van der Waals surface area (Å²) in [5, 5.41) is 3.56. The summed E-state index contributed by atoms with van der Waals surface area (Å²) in [5.41, 5.74) is 0.773. The van der Waals surface area contributed by atoms with Crippen molar-refractivity contribution >= 4 is 34.8 Å². The lowest BCUT2D eigenvalue weighted by Crippen LogP contribution is -2.12. The number of amides is 1. The van der Waals surface area contributed by atoms with Crippen molar-refractivity contribution in [3.8, 4) is 11.3 Å². The lowest BCUT2D eigenvalue weighted by Gasteiger charge is -2.06. The van der Waals surface area contributed by atoms with Crippen molar-refractivity contribution in [2.45, 2.75) is 12.8 Å². The van der Waals surface area contributed by atoms with Gasteiger partial charge in [-0.15, -0.1) is 0 Å². The van der Waals surface area contributed by atoms with Crippen molar-refractivity contribution in [1.82, 2.24) is 4.98 Å². The minimum atomic E-state index is -0.390. The van der Waals surface area contributed by atoms with Gasteiger partial charge < -0.3 is 9.73 Å². The van der Waals surface area contributed by atoms with Crippen LogP contribution in [0, 0.1) is 5.82 Å². The van der Waals surface area contributed by atoms with Crippen LogP contribution in [0.3, 0.4) is 0 Å². The summed E-state index contributed by atoms with van der Waals surface area (Å²) in [6, 6.07) is 11.1. The van der Waals surface area contributed by atoms with E-state index in [1.54, 1.807) is 36.4 Å². The van der Waals surface area contributed by atoms with Gasteiger partial charge in [0, 0.05) is 17.9 Å². The first-order chi connectivity index (χ1) is 12.0. The Morgan fingerprint density at radius 1 is 1.20 bits per heavy atom. The number of hydrogen-bond acceptors (Lipinski definition) is 3. The topological polar surface area (TPSA) is 55.1 Å². The zero-order chi connectivity index (χ0) is 17.8. The van der Waals surface area contributed by atoms with Crippen LogP contribution in [0.5, 0.6) is 0 Å². The monoisotopic (exact) mass is 378 g/mol. The smallest absolute Gasteiger partial charge is 0.224 e. The Labute approximate surface area is 153 Å². The second-order valence-corrected chi connectivity index (χ2v) is 6.11. The van der Waals surface area contributed by atoms with Crippen molar-refractivity contribution < 1.29 is 13.6 Å². The van der Waals surface area contributed by atoms with Crippen LogP contribution in [0.2, 0.25) is 10.0 Å². The molecule has 0 unspecified atom stereocenters. The fourth-order valence-corrected chi connectivity index (χ4v) is 2.57. The van der Waals surface area contributed by atoms with Crippen molar-refractivity contribution in [3.05, 3.63) is 70.4 Å². The number of nitrogens with zero attached hydrogens (tertiary/aromatic N) is 1. The molecule has 1 N–H and O–H groups in total. The molecule has 1 heterocycles. The molecule has 0 spiro atoms. The Hall–Kier alpha value is -2.37. The Kier molecular flexibility index (Phi) is 5.36. The highest BCUT2D eigenvalue weighted by molar-refractivity contribution is 6.35. The first-order valence-electron chi connectivity index (χ1n) is 7.47. The number of carbonyl (C=O) groups is 1. The molecule has 0 saturated heterocycles. The van der Waals surface area contributed by atoms with Crippen LogP contribution in [0.25, 0.3) is 11.3 Å². The fraction of sp³-hybridized carbons (Fsp3) is 0.111. The Morgan fingerprint density at radius 3 is 2.80 bits per heavy atom. The molecular weight excluding hydrogens is 366 g/mol. The lowest BCUT2D eigenvalue weighted by molar-refractivity contribution is -0.116. The van der Waals surface area contributed by atoms with Gasteiger partial charge in [-0.3, -0.25) is 4.79 Å². The predicted molar refractivity (Wildman–Crippen MR) is 95.3 cm³/mol. The normalized spacial score (nSPS) is 10.7. The number of hydrogen-bond donors (Lipinski definition) is 1. The van der Waals surface area contributed by atoms with Crippen LogP contribution in [-0.2, 0) is 11.2 Å². The number of anilines is 1. The molecule has 25 heavy (non-hydrogen) atoms. The molecule has 2 aromatic carbocycles. The number of benzene rings is 2. The van der Waals surface area contributed by atoms with E-state index in [0.717, 1.165) is 0 Å². The number of nitrogens with one attached hydrogen (secondary N) is 1. The second kappa shape index (κ2) is 7.68. The summed E-state index contributed by atoms with van der Waals surface area (Å²) in [4.78, 5) is 16.1. The van der Waals surface area contributed by atoms with Gasteiger partial charge in [0.25, 0.3) is 0 Å². The van der Waals surface area contributed by atoms with Gasteiger partial charge in [-0.1, -0.05) is 35.3 Å². The van der Waals surface area contributed by atoms with Crippen LogP contribution in [0.4, 0.5) is 10.1 Å². The molecule has 1 aromatic heterocycles. The molecule has 0 aliphatic rings. The van der Waals surface area contributed by atoms with E-state index in [1.165, 1.54) is 12.3 Å². The molecule has 0 saturated carbocycles. The third-order valence-corrected chi connectivity index (χ3v) is 4.03. The molecule has 4 nitrogen and oxygen atoms in total. The van der Waals surface area contributed by atoms with Crippen LogP contribution in [0.15, 0.2) is 53.1 Å². The van der Waals surface area contributed by atoms with Crippen LogP contribution in [0.1, 0.15) is 12.3 Å². The van der Waals surface area contributed by atoms with E-state index in [4.69, 9.17) is 27.6 Å². The van der Waals surface area contributed by atoms with E-state index in [0.29, 0.717) is 32.9 Å². The maximum absolute atomic E-state index is 13.7. The van der Waals surface area contributed by atoms with Crippen LogP contribution in [-0.4, -0.2) is 10.9 Å². The largest absolute Gasteiger partial charge is 0.441 e. The van der Waals surface area contributed by atoms with Gasteiger partial charge in [0.15, 0.2) is 11.7 Å². The number of aryl methyl sites for hydroxylation is 1. The summed E-state index contributed by atoms with van der Waals surface area (Å²) in [7, 11) is 0. The first kappa shape index (κ1) is 17.5. The third kappa shape index (κ3) is 4.38. The Morgan fingerprint density at radius 2 is 2.00 bits per heavy atom. The highest BCUT2D eigenvalue weighted by atomic mass is 35.5. The number of carbonyl (C=O) groups excluding carboxylic acids is 1. The van der Waals surface area contributed by atoms with Gasteiger partial charge in [0.1, 0.15) is 5.82 Å². The molecule has 0 bridgehead atoms. The summed E-state index contributed by atoms with van der Waals surface area (Å²) < 4.78 is 19.3. The van der Waals surface area contributed by atoms with Crippen LogP contribution < -0.4 is 5.32 Å². The van der Waals surface area contributed by atoms with E-state index < -0.39 is 5.82 Å². The average molecular weight is 379 g/mol. The minimum Gasteiger partial charge on any atom is -0.441 e. The molecular formula is C18H13Cl2FN2O2. The maximum Gasteiger partial charge on any atom is 0.224 e. The third-order valence-electron chi connectivity index (χ3n) is 3.46. The average Bonchev–Trinajstić information content (AvgIpc) is 3.05. The van der Waals surface area contributed by atoms with Gasteiger partial charge in [0.2, 0.25) is 5.91 Å². The molecule has 0 radical (unpaired) electrons. The molecule has 0 aliphatic carbocycles. The molecule has 1 amide bonds. The molecule has 128 valence electrons. The first-order valence-corrected chi connectivity index (χ1v) is 8.23. The summed E-state index contributed by atoms with van der Waals surface area (Å²) in [5.74, 6) is 0.0327. The number of rotatable bonds is 5. The number of oxazole rings is 1. The molecule has 0 fully saturated rings. The maximum atomic E-state index is 13.7. The van der Waals surface area contributed by atoms with E-state index in [1.807, 2.05) is 0 Å². The molecule has 7 heteroatoms. The highest BCUT2D eigenvalue weighted by Gasteiger charge is 2.12. The SMILES string of the molecule is O=C(CCc1ncc(-c2ccccc2F)o1)Nc1cc(Cl)ccc1Cl. The quantitative estimate of drug-likeness (QED) is 0.650.